The maximum absolute atomic E-state index is 12.7. The number of carbonyl (C=O) groups excluding carboxylic acids is 3. The molecule has 34 heavy (non-hydrogen) atoms. The van der Waals surface area contributed by atoms with Crippen LogP contribution in [0.2, 0.25) is 0 Å². The summed E-state index contributed by atoms with van der Waals surface area (Å²) in [6, 6.07) is 14.9. The summed E-state index contributed by atoms with van der Waals surface area (Å²) in [6.45, 7) is 3.77. The fourth-order valence-corrected chi connectivity index (χ4v) is 3.48. The summed E-state index contributed by atoms with van der Waals surface area (Å²) in [4.78, 5) is 36.7. The van der Waals surface area contributed by atoms with Gasteiger partial charge in [-0.25, -0.2) is 13.2 Å². The molecule has 3 amide bonds. The molecule has 0 aromatic heterocycles. The van der Waals surface area contributed by atoms with Crippen LogP contribution in [0.4, 0.5) is 10.5 Å². The number of ether oxygens (including phenoxy) is 1. The first kappa shape index (κ1) is 26.8. The average Bonchev–Trinajstić information content (AvgIpc) is 2.79. The van der Waals surface area contributed by atoms with Gasteiger partial charge in [-0.15, -0.1) is 0 Å². The molecule has 0 aliphatic carbocycles. The maximum Gasteiger partial charge on any atom is 0.408 e. The van der Waals surface area contributed by atoms with E-state index in [-0.39, 0.29) is 37.2 Å². The quantitative estimate of drug-likeness (QED) is 0.445. The SMILES string of the molecule is CC(C)C(=O)Nc1ccc(CNC(=O)C(CCS(C)(=O)=O)NC(=O)OCc2ccccc2)cc1. The number of amides is 3. The standard InChI is InChI=1S/C24H31N3O6S/c1-17(2)22(28)26-20-11-9-18(10-12-20)15-25-23(29)21(13-14-34(3,31)32)27-24(30)33-16-19-7-5-4-6-8-19/h4-12,17,21H,13-16H2,1-3H3,(H,25,29)(H,26,28)(H,27,30). The van der Waals surface area contributed by atoms with E-state index in [1.165, 1.54) is 0 Å². The molecule has 10 heteroatoms. The van der Waals surface area contributed by atoms with Gasteiger partial charge in [0.25, 0.3) is 0 Å². The molecule has 9 nitrogen and oxygen atoms in total. The third-order valence-corrected chi connectivity index (χ3v) is 5.79. The highest BCUT2D eigenvalue weighted by Crippen LogP contribution is 2.11. The molecule has 0 aliphatic rings. The van der Waals surface area contributed by atoms with Crippen molar-refractivity contribution in [2.75, 3.05) is 17.3 Å². The number of carbonyl (C=O) groups is 3. The Bertz CT molecular complexity index is 1070. The Labute approximate surface area is 200 Å². The lowest BCUT2D eigenvalue weighted by atomic mass is 10.1. The molecule has 184 valence electrons. The molecule has 0 heterocycles. The van der Waals surface area contributed by atoms with Gasteiger partial charge in [-0.1, -0.05) is 56.3 Å². The van der Waals surface area contributed by atoms with Gasteiger partial charge in [-0.2, -0.15) is 0 Å². The molecule has 0 aliphatic heterocycles. The Morgan fingerprint density at radius 1 is 0.912 bits per heavy atom. The van der Waals surface area contributed by atoms with Crippen molar-refractivity contribution >= 4 is 33.4 Å². The Morgan fingerprint density at radius 3 is 2.15 bits per heavy atom. The Kier molecular flexibility index (Phi) is 10.1. The van der Waals surface area contributed by atoms with E-state index in [1.807, 2.05) is 18.2 Å². The van der Waals surface area contributed by atoms with Gasteiger partial charge >= 0.3 is 6.09 Å². The molecular formula is C24H31N3O6S. The van der Waals surface area contributed by atoms with Crippen LogP contribution in [0.1, 0.15) is 31.4 Å². The van der Waals surface area contributed by atoms with Crippen molar-refractivity contribution in [3.63, 3.8) is 0 Å². The lowest BCUT2D eigenvalue weighted by molar-refractivity contribution is -0.123. The molecular weight excluding hydrogens is 458 g/mol. The molecule has 3 N–H and O–H groups in total. The molecule has 0 bridgehead atoms. The minimum Gasteiger partial charge on any atom is -0.445 e. The lowest BCUT2D eigenvalue weighted by Gasteiger charge is -2.18. The van der Waals surface area contributed by atoms with Crippen LogP contribution in [0.15, 0.2) is 54.6 Å². The van der Waals surface area contributed by atoms with Gasteiger partial charge in [0.15, 0.2) is 0 Å². The summed E-state index contributed by atoms with van der Waals surface area (Å²) in [5.74, 6) is -1.04. The summed E-state index contributed by atoms with van der Waals surface area (Å²) < 4.78 is 28.3. The first-order valence-electron chi connectivity index (χ1n) is 10.9. The van der Waals surface area contributed by atoms with E-state index in [1.54, 1.807) is 50.2 Å². The number of nitrogens with one attached hydrogen (secondary N) is 3. The zero-order valence-electron chi connectivity index (χ0n) is 19.5. The first-order valence-corrected chi connectivity index (χ1v) is 12.9. The van der Waals surface area contributed by atoms with Crippen LogP contribution in [-0.4, -0.2) is 44.4 Å². The van der Waals surface area contributed by atoms with E-state index < -0.39 is 27.9 Å². The predicted octanol–water partition coefficient (Wildman–Crippen LogP) is 2.63. The predicted molar refractivity (Wildman–Crippen MR) is 130 cm³/mol. The van der Waals surface area contributed by atoms with Crippen molar-refractivity contribution < 1.29 is 27.5 Å². The first-order chi connectivity index (χ1) is 16.0. The van der Waals surface area contributed by atoms with E-state index in [9.17, 15) is 22.8 Å². The number of rotatable bonds is 11. The van der Waals surface area contributed by atoms with Crippen LogP contribution in [0.25, 0.3) is 0 Å². The van der Waals surface area contributed by atoms with E-state index in [0.717, 1.165) is 17.4 Å². The highest BCUT2D eigenvalue weighted by molar-refractivity contribution is 7.90. The van der Waals surface area contributed by atoms with E-state index in [2.05, 4.69) is 16.0 Å². The van der Waals surface area contributed by atoms with Crippen LogP contribution in [0.3, 0.4) is 0 Å². The molecule has 2 aromatic rings. The minimum atomic E-state index is -3.34. The van der Waals surface area contributed by atoms with Gasteiger partial charge in [-0.3, -0.25) is 9.59 Å². The number of alkyl carbamates (subject to hydrolysis) is 1. The molecule has 2 aromatic carbocycles. The van der Waals surface area contributed by atoms with Gasteiger partial charge in [-0.05, 0) is 29.7 Å². The van der Waals surface area contributed by atoms with Crippen molar-refractivity contribution in [3.05, 3.63) is 65.7 Å². The van der Waals surface area contributed by atoms with Crippen LogP contribution < -0.4 is 16.0 Å². The number of benzene rings is 2. The molecule has 1 unspecified atom stereocenters. The number of sulfone groups is 1. The lowest BCUT2D eigenvalue weighted by Crippen LogP contribution is -2.47. The van der Waals surface area contributed by atoms with Crippen LogP contribution >= 0.6 is 0 Å². The second kappa shape index (κ2) is 12.7. The van der Waals surface area contributed by atoms with Gasteiger partial charge < -0.3 is 20.7 Å². The molecule has 0 fully saturated rings. The number of anilines is 1. The molecule has 0 saturated heterocycles. The van der Waals surface area contributed by atoms with Gasteiger partial charge in [0.2, 0.25) is 11.8 Å². The van der Waals surface area contributed by atoms with Crippen LogP contribution in [0, 0.1) is 5.92 Å². The second-order valence-electron chi connectivity index (χ2n) is 8.24. The van der Waals surface area contributed by atoms with Crippen molar-refractivity contribution in [3.8, 4) is 0 Å². The molecule has 0 saturated carbocycles. The largest absolute Gasteiger partial charge is 0.445 e. The van der Waals surface area contributed by atoms with Crippen molar-refractivity contribution in [2.45, 2.75) is 39.5 Å². The Hall–Kier alpha value is -3.40. The summed E-state index contributed by atoms with van der Waals surface area (Å²) >= 11 is 0. The average molecular weight is 490 g/mol. The van der Waals surface area contributed by atoms with Gasteiger partial charge in [0.05, 0.1) is 5.75 Å². The summed E-state index contributed by atoms with van der Waals surface area (Å²) in [5, 5.41) is 7.94. The topological polar surface area (TPSA) is 131 Å². The van der Waals surface area contributed by atoms with Crippen LogP contribution in [-0.2, 0) is 37.3 Å². The Morgan fingerprint density at radius 2 is 1.56 bits per heavy atom. The normalized spacial score (nSPS) is 12.0. The summed E-state index contributed by atoms with van der Waals surface area (Å²) in [7, 11) is -3.34. The number of hydrogen-bond donors (Lipinski definition) is 3. The minimum absolute atomic E-state index is 0.0206. The fourth-order valence-electron chi connectivity index (χ4n) is 2.81. The van der Waals surface area contributed by atoms with Gasteiger partial charge in [0.1, 0.15) is 22.5 Å². The van der Waals surface area contributed by atoms with Crippen LogP contribution in [0.5, 0.6) is 0 Å². The second-order valence-corrected chi connectivity index (χ2v) is 10.5. The zero-order valence-corrected chi connectivity index (χ0v) is 20.4. The Balaban J connectivity index is 1.93. The van der Waals surface area contributed by atoms with E-state index in [4.69, 9.17) is 4.74 Å². The highest BCUT2D eigenvalue weighted by atomic mass is 32.2. The molecule has 0 spiro atoms. The van der Waals surface area contributed by atoms with E-state index >= 15 is 0 Å². The van der Waals surface area contributed by atoms with E-state index in [0.29, 0.717) is 5.69 Å². The smallest absolute Gasteiger partial charge is 0.408 e. The summed E-state index contributed by atoms with van der Waals surface area (Å²) in [6.07, 6.45) is 0.156. The fraction of sp³-hybridized carbons (Fsp3) is 0.375. The maximum atomic E-state index is 12.7. The number of hydrogen-bond acceptors (Lipinski definition) is 6. The molecule has 0 radical (unpaired) electrons. The summed E-state index contributed by atoms with van der Waals surface area (Å²) in [5.41, 5.74) is 2.19. The van der Waals surface area contributed by atoms with Gasteiger partial charge in [0, 0.05) is 24.4 Å². The third-order valence-electron chi connectivity index (χ3n) is 4.81. The van der Waals surface area contributed by atoms with Crippen molar-refractivity contribution in [1.82, 2.24) is 10.6 Å². The monoisotopic (exact) mass is 489 g/mol. The van der Waals surface area contributed by atoms with Crippen molar-refractivity contribution in [1.29, 1.82) is 0 Å². The van der Waals surface area contributed by atoms with Crippen molar-refractivity contribution in [2.24, 2.45) is 5.92 Å². The zero-order chi connectivity index (χ0) is 25.1. The highest BCUT2D eigenvalue weighted by Gasteiger charge is 2.23. The third kappa shape index (κ3) is 10.0. The molecule has 2 rings (SSSR count). The molecule has 1 atom stereocenters.